The standard InChI is InChI=1S/C11H15N3O/c15-11(14-6-3-12-8-14)10-7-9-1-4-13(10)5-2-9/h3,6,8-10H,1-2,4-5,7H2. The van der Waals surface area contributed by atoms with Crippen LogP contribution in [-0.4, -0.2) is 39.5 Å². The summed E-state index contributed by atoms with van der Waals surface area (Å²) in [6.07, 6.45) is 8.59. The van der Waals surface area contributed by atoms with E-state index in [9.17, 15) is 4.79 Å². The summed E-state index contributed by atoms with van der Waals surface area (Å²) in [6.45, 7) is 2.19. The number of nitrogens with zero attached hydrogens (tertiary/aromatic N) is 3. The van der Waals surface area contributed by atoms with E-state index in [-0.39, 0.29) is 11.9 Å². The molecule has 80 valence electrons. The minimum Gasteiger partial charge on any atom is -0.292 e. The van der Waals surface area contributed by atoms with E-state index in [0.29, 0.717) is 0 Å². The summed E-state index contributed by atoms with van der Waals surface area (Å²) in [5.41, 5.74) is 0. The van der Waals surface area contributed by atoms with E-state index in [4.69, 9.17) is 0 Å². The van der Waals surface area contributed by atoms with Crippen LogP contribution in [0.3, 0.4) is 0 Å². The molecule has 15 heavy (non-hydrogen) atoms. The molecule has 1 unspecified atom stereocenters. The Kier molecular flexibility index (Phi) is 2.09. The summed E-state index contributed by atoms with van der Waals surface area (Å²) in [5, 5.41) is 0. The van der Waals surface area contributed by atoms with Crippen LogP contribution >= 0.6 is 0 Å². The smallest absolute Gasteiger partial charge is 0.249 e. The highest BCUT2D eigenvalue weighted by molar-refractivity contribution is 5.84. The van der Waals surface area contributed by atoms with E-state index >= 15 is 0 Å². The fourth-order valence-corrected chi connectivity index (χ4v) is 2.78. The number of rotatable bonds is 1. The number of fused-ring (bicyclic) bond motifs is 3. The van der Waals surface area contributed by atoms with Crippen molar-refractivity contribution in [2.45, 2.75) is 25.3 Å². The topological polar surface area (TPSA) is 38.1 Å². The van der Waals surface area contributed by atoms with E-state index in [0.717, 1.165) is 25.4 Å². The fraction of sp³-hybridized carbons (Fsp3) is 0.636. The Balaban J connectivity index is 1.80. The first kappa shape index (κ1) is 9.09. The van der Waals surface area contributed by atoms with Gasteiger partial charge in [-0.3, -0.25) is 14.3 Å². The second kappa shape index (κ2) is 3.45. The molecule has 4 nitrogen and oxygen atoms in total. The highest BCUT2D eigenvalue weighted by Gasteiger charge is 2.37. The maximum atomic E-state index is 12.1. The average molecular weight is 205 g/mol. The number of carbonyl (C=O) groups is 1. The molecule has 1 aromatic heterocycles. The van der Waals surface area contributed by atoms with Gasteiger partial charge in [0, 0.05) is 12.4 Å². The summed E-state index contributed by atoms with van der Waals surface area (Å²) in [4.78, 5) is 18.4. The summed E-state index contributed by atoms with van der Waals surface area (Å²) in [5.74, 6) is 0.962. The van der Waals surface area contributed by atoms with Crippen molar-refractivity contribution < 1.29 is 4.79 Å². The van der Waals surface area contributed by atoms with Crippen LogP contribution in [0.2, 0.25) is 0 Å². The van der Waals surface area contributed by atoms with Crippen molar-refractivity contribution in [2.24, 2.45) is 5.92 Å². The Morgan fingerprint density at radius 3 is 2.67 bits per heavy atom. The Morgan fingerprint density at radius 1 is 1.33 bits per heavy atom. The Hall–Kier alpha value is -1.16. The molecule has 1 aromatic rings. The normalized spacial score (nSPS) is 34.3. The monoisotopic (exact) mass is 205 g/mol. The molecule has 1 atom stereocenters. The lowest BCUT2D eigenvalue weighted by Crippen LogP contribution is -2.53. The Labute approximate surface area is 88.9 Å². The van der Waals surface area contributed by atoms with Gasteiger partial charge < -0.3 is 0 Å². The molecule has 0 aliphatic carbocycles. The maximum Gasteiger partial charge on any atom is 0.249 e. The third-order valence-corrected chi connectivity index (χ3v) is 3.69. The zero-order valence-corrected chi connectivity index (χ0v) is 8.67. The van der Waals surface area contributed by atoms with Gasteiger partial charge >= 0.3 is 0 Å². The number of piperidine rings is 3. The maximum absolute atomic E-state index is 12.1. The van der Waals surface area contributed by atoms with Crippen LogP contribution in [0.15, 0.2) is 18.7 Å². The van der Waals surface area contributed by atoms with Gasteiger partial charge in [0.1, 0.15) is 6.33 Å². The van der Waals surface area contributed by atoms with Gasteiger partial charge in [-0.2, -0.15) is 0 Å². The molecule has 4 heteroatoms. The minimum absolute atomic E-state index is 0.103. The zero-order valence-electron chi connectivity index (χ0n) is 8.67. The Morgan fingerprint density at radius 2 is 2.13 bits per heavy atom. The van der Waals surface area contributed by atoms with Gasteiger partial charge in [0.15, 0.2) is 0 Å². The number of aromatic nitrogens is 2. The van der Waals surface area contributed by atoms with Crippen molar-refractivity contribution in [1.82, 2.24) is 14.5 Å². The number of carbonyl (C=O) groups excluding carboxylic acids is 1. The van der Waals surface area contributed by atoms with Gasteiger partial charge in [-0.15, -0.1) is 0 Å². The molecule has 0 radical (unpaired) electrons. The van der Waals surface area contributed by atoms with Gasteiger partial charge in [0.2, 0.25) is 5.91 Å². The fourth-order valence-electron chi connectivity index (χ4n) is 2.78. The molecule has 3 saturated heterocycles. The van der Waals surface area contributed by atoms with E-state index in [1.54, 1.807) is 23.3 Å². The highest BCUT2D eigenvalue weighted by atomic mass is 16.2. The van der Waals surface area contributed by atoms with Gasteiger partial charge in [-0.25, -0.2) is 4.98 Å². The van der Waals surface area contributed by atoms with Gasteiger partial charge in [0.25, 0.3) is 0 Å². The van der Waals surface area contributed by atoms with Crippen LogP contribution in [0.25, 0.3) is 0 Å². The first-order valence-electron chi connectivity index (χ1n) is 5.61. The number of hydrogen-bond donors (Lipinski definition) is 0. The van der Waals surface area contributed by atoms with Crippen molar-refractivity contribution in [3.05, 3.63) is 18.7 Å². The predicted octanol–water partition coefficient (Wildman–Crippen LogP) is 1.01. The zero-order chi connectivity index (χ0) is 10.3. The SMILES string of the molecule is O=C(C1CC2CCN1CC2)n1ccnc1. The van der Waals surface area contributed by atoms with Crippen molar-refractivity contribution in [2.75, 3.05) is 13.1 Å². The minimum atomic E-state index is 0.103. The molecular weight excluding hydrogens is 190 g/mol. The molecule has 3 aliphatic heterocycles. The van der Waals surface area contributed by atoms with Crippen LogP contribution in [0, 0.1) is 5.92 Å². The van der Waals surface area contributed by atoms with Gasteiger partial charge in [0.05, 0.1) is 6.04 Å². The van der Waals surface area contributed by atoms with Crippen LogP contribution in [-0.2, 0) is 0 Å². The van der Waals surface area contributed by atoms with Crippen LogP contribution < -0.4 is 0 Å². The molecule has 4 rings (SSSR count). The van der Waals surface area contributed by atoms with Crippen molar-refractivity contribution in [3.63, 3.8) is 0 Å². The molecule has 4 heterocycles. The third kappa shape index (κ3) is 1.49. The highest BCUT2D eigenvalue weighted by Crippen LogP contribution is 2.32. The molecule has 2 bridgehead atoms. The largest absolute Gasteiger partial charge is 0.292 e. The summed E-state index contributed by atoms with van der Waals surface area (Å²) in [6, 6.07) is 0.103. The Bertz CT molecular complexity index is 352. The molecule has 0 spiro atoms. The quantitative estimate of drug-likeness (QED) is 0.686. The van der Waals surface area contributed by atoms with E-state index in [1.807, 2.05) is 0 Å². The third-order valence-electron chi connectivity index (χ3n) is 3.69. The van der Waals surface area contributed by atoms with E-state index in [2.05, 4.69) is 9.88 Å². The van der Waals surface area contributed by atoms with E-state index < -0.39 is 0 Å². The predicted molar refractivity (Wildman–Crippen MR) is 55.6 cm³/mol. The molecular formula is C11H15N3O. The van der Waals surface area contributed by atoms with Crippen molar-refractivity contribution in [1.29, 1.82) is 0 Å². The summed E-state index contributed by atoms with van der Waals surface area (Å²) >= 11 is 0. The lowest BCUT2D eigenvalue weighted by Gasteiger charge is -2.44. The summed E-state index contributed by atoms with van der Waals surface area (Å²) < 4.78 is 1.62. The molecule has 0 aromatic carbocycles. The van der Waals surface area contributed by atoms with Gasteiger partial charge in [-0.1, -0.05) is 0 Å². The van der Waals surface area contributed by atoms with Crippen LogP contribution in [0.5, 0.6) is 0 Å². The average Bonchev–Trinajstić information content (AvgIpc) is 2.83. The summed E-state index contributed by atoms with van der Waals surface area (Å²) in [7, 11) is 0. The first-order valence-corrected chi connectivity index (χ1v) is 5.61. The van der Waals surface area contributed by atoms with Crippen LogP contribution in [0.1, 0.15) is 24.1 Å². The molecule has 3 fully saturated rings. The van der Waals surface area contributed by atoms with Gasteiger partial charge in [-0.05, 0) is 38.3 Å². The first-order chi connectivity index (χ1) is 7.34. The van der Waals surface area contributed by atoms with E-state index in [1.165, 1.54) is 12.8 Å². The number of imidazole rings is 1. The lowest BCUT2D eigenvalue weighted by atomic mass is 9.83. The molecule has 0 saturated carbocycles. The second-order valence-electron chi connectivity index (χ2n) is 4.54. The van der Waals surface area contributed by atoms with Crippen LogP contribution in [0.4, 0.5) is 0 Å². The number of hydrogen-bond acceptors (Lipinski definition) is 3. The molecule has 3 aliphatic rings. The molecule has 0 amide bonds. The van der Waals surface area contributed by atoms with Crippen molar-refractivity contribution in [3.8, 4) is 0 Å². The second-order valence-corrected chi connectivity index (χ2v) is 4.54. The van der Waals surface area contributed by atoms with Crippen molar-refractivity contribution >= 4 is 5.91 Å². The lowest BCUT2D eigenvalue weighted by molar-refractivity contribution is 0.0339. The molecule has 0 N–H and O–H groups in total.